The standard InChI is InChI=1S/C29H28F3N3O4/c1-38-22-13-23(39-2)26(32)24(25(22)31)28(36)34-21-7-3-5-17-14-35(15-20(17)21)29(37)19-6-4-12-33-27(19)16-8-10-18(30)11-9-16/h4,6,8-13,17,20-21H,3,5,7,14-15H2,1-2H3,(H,34,36)/t17-,20-,21+/m1/s1. The molecular formula is C29H28F3N3O4. The Hall–Kier alpha value is -4.08. The molecule has 7 nitrogen and oxygen atoms in total. The number of carbonyl (C=O) groups is 2. The molecule has 1 N–H and O–H groups in total. The fourth-order valence-electron chi connectivity index (χ4n) is 5.73. The summed E-state index contributed by atoms with van der Waals surface area (Å²) in [5.74, 6) is -4.27. The lowest BCUT2D eigenvalue weighted by Crippen LogP contribution is -2.46. The molecule has 2 aliphatic rings. The summed E-state index contributed by atoms with van der Waals surface area (Å²) >= 11 is 0. The van der Waals surface area contributed by atoms with Gasteiger partial charge in [-0.3, -0.25) is 14.6 Å². The second-order valence-electron chi connectivity index (χ2n) is 9.84. The van der Waals surface area contributed by atoms with Gasteiger partial charge in [0.2, 0.25) is 0 Å². The third-order valence-electron chi connectivity index (χ3n) is 7.66. The van der Waals surface area contributed by atoms with E-state index in [-0.39, 0.29) is 41.1 Å². The lowest BCUT2D eigenvalue weighted by Gasteiger charge is -2.33. The molecule has 2 aromatic carbocycles. The van der Waals surface area contributed by atoms with Crippen molar-refractivity contribution < 1.29 is 32.2 Å². The van der Waals surface area contributed by atoms with E-state index in [1.54, 1.807) is 35.4 Å². The number of amides is 2. The van der Waals surface area contributed by atoms with Crippen LogP contribution in [-0.4, -0.2) is 55.0 Å². The largest absolute Gasteiger partial charge is 0.494 e. The average Bonchev–Trinajstić information content (AvgIpc) is 3.39. The normalized spacial score (nSPS) is 20.3. The van der Waals surface area contributed by atoms with Crippen molar-refractivity contribution in [3.05, 3.63) is 77.2 Å². The molecule has 1 aliphatic heterocycles. The number of rotatable bonds is 6. The number of pyridine rings is 1. The molecule has 3 atom stereocenters. The number of nitrogens with zero attached hydrogens (tertiary/aromatic N) is 2. The SMILES string of the molecule is COc1cc(OC)c(F)c(C(=O)N[C@H]2CCC[C@@H]3CN(C(=O)c4cccnc4-c4ccc(F)cc4)C[C@H]32)c1F. The van der Waals surface area contributed by atoms with Gasteiger partial charge in [-0.05, 0) is 55.2 Å². The molecule has 0 radical (unpaired) electrons. The summed E-state index contributed by atoms with van der Waals surface area (Å²) in [5.41, 5.74) is 0.717. The number of fused-ring (bicyclic) bond motifs is 1. The molecule has 0 unspecified atom stereocenters. The Balaban J connectivity index is 1.36. The van der Waals surface area contributed by atoms with Crippen LogP contribution < -0.4 is 14.8 Å². The lowest BCUT2D eigenvalue weighted by molar-refractivity contribution is 0.0783. The van der Waals surface area contributed by atoms with E-state index < -0.39 is 23.1 Å². The summed E-state index contributed by atoms with van der Waals surface area (Å²) in [5, 5.41) is 2.82. The highest BCUT2D eigenvalue weighted by Gasteiger charge is 2.43. The fourth-order valence-corrected chi connectivity index (χ4v) is 5.73. The Morgan fingerprint density at radius 1 is 0.974 bits per heavy atom. The van der Waals surface area contributed by atoms with Gasteiger partial charge in [-0.1, -0.05) is 6.42 Å². The molecule has 1 aliphatic carbocycles. The molecule has 2 heterocycles. The Morgan fingerprint density at radius 2 is 1.67 bits per heavy atom. The summed E-state index contributed by atoms with van der Waals surface area (Å²) in [6.07, 6.45) is 3.87. The van der Waals surface area contributed by atoms with E-state index in [1.807, 2.05) is 0 Å². The first-order valence-corrected chi connectivity index (χ1v) is 12.7. The second-order valence-corrected chi connectivity index (χ2v) is 9.84. The lowest BCUT2D eigenvalue weighted by atomic mass is 9.78. The summed E-state index contributed by atoms with van der Waals surface area (Å²) in [7, 11) is 2.44. The Kier molecular flexibility index (Phi) is 7.45. The average molecular weight is 540 g/mol. The molecule has 1 aromatic heterocycles. The van der Waals surface area contributed by atoms with Crippen LogP contribution in [-0.2, 0) is 0 Å². The first kappa shape index (κ1) is 26.5. The molecule has 10 heteroatoms. The molecule has 3 aromatic rings. The summed E-state index contributed by atoms with van der Waals surface area (Å²) in [4.78, 5) is 32.9. The number of benzene rings is 2. The number of methoxy groups -OCH3 is 2. The van der Waals surface area contributed by atoms with Gasteiger partial charge in [0, 0.05) is 42.9 Å². The van der Waals surface area contributed by atoms with Crippen molar-refractivity contribution in [3.63, 3.8) is 0 Å². The van der Waals surface area contributed by atoms with E-state index in [0.29, 0.717) is 36.3 Å². The van der Waals surface area contributed by atoms with E-state index in [4.69, 9.17) is 9.47 Å². The van der Waals surface area contributed by atoms with Gasteiger partial charge in [-0.25, -0.2) is 13.2 Å². The zero-order chi connectivity index (χ0) is 27.7. The maximum absolute atomic E-state index is 14.9. The second kappa shape index (κ2) is 11.0. The number of likely N-dealkylation sites (tertiary alicyclic amines) is 1. The summed E-state index contributed by atoms with van der Waals surface area (Å²) in [6.45, 7) is 0.863. The topological polar surface area (TPSA) is 80.8 Å². The summed E-state index contributed by atoms with van der Waals surface area (Å²) < 4.78 is 53.2. The predicted octanol–water partition coefficient (Wildman–Crippen LogP) is 4.85. The van der Waals surface area contributed by atoms with Crippen LogP contribution in [0.15, 0.2) is 48.7 Å². The molecule has 2 fully saturated rings. The van der Waals surface area contributed by atoms with Crippen molar-refractivity contribution >= 4 is 11.8 Å². The minimum absolute atomic E-state index is 0.0868. The van der Waals surface area contributed by atoms with Gasteiger partial charge in [-0.15, -0.1) is 0 Å². The highest BCUT2D eigenvalue weighted by atomic mass is 19.1. The van der Waals surface area contributed by atoms with Crippen LogP contribution in [0.3, 0.4) is 0 Å². The first-order chi connectivity index (χ1) is 18.8. The van der Waals surface area contributed by atoms with Crippen LogP contribution in [0.2, 0.25) is 0 Å². The maximum Gasteiger partial charge on any atom is 0.257 e. The Morgan fingerprint density at radius 3 is 2.33 bits per heavy atom. The highest BCUT2D eigenvalue weighted by molar-refractivity contribution is 6.00. The Bertz CT molecular complexity index is 1370. The number of nitrogens with one attached hydrogen (secondary N) is 1. The minimum Gasteiger partial charge on any atom is -0.494 e. The number of aromatic nitrogens is 1. The monoisotopic (exact) mass is 539 g/mol. The fraction of sp³-hybridized carbons (Fsp3) is 0.345. The zero-order valence-electron chi connectivity index (χ0n) is 21.5. The van der Waals surface area contributed by atoms with E-state index in [2.05, 4.69) is 10.3 Å². The van der Waals surface area contributed by atoms with Gasteiger partial charge < -0.3 is 19.7 Å². The molecule has 5 rings (SSSR count). The van der Waals surface area contributed by atoms with Crippen molar-refractivity contribution in [2.75, 3.05) is 27.3 Å². The smallest absolute Gasteiger partial charge is 0.257 e. The molecule has 0 bridgehead atoms. The third kappa shape index (κ3) is 5.03. The molecule has 204 valence electrons. The van der Waals surface area contributed by atoms with Gasteiger partial charge in [-0.2, -0.15) is 0 Å². The zero-order valence-corrected chi connectivity index (χ0v) is 21.5. The summed E-state index contributed by atoms with van der Waals surface area (Å²) in [6, 6.07) is 9.84. The van der Waals surface area contributed by atoms with Gasteiger partial charge in [0.15, 0.2) is 23.1 Å². The highest BCUT2D eigenvalue weighted by Crippen LogP contribution is 2.38. The van der Waals surface area contributed by atoms with Crippen molar-refractivity contribution in [2.24, 2.45) is 11.8 Å². The van der Waals surface area contributed by atoms with Crippen LogP contribution in [0, 0.1) is 29.3 Å². The van der Waals surface area contributed by atoms with Crippen LogP contribution in [0.4, 0.5) is 13.2 Å². The van der Waals surface area contributed by atoms with Gasteiger partial charge >= 0.3 is 0 Å². The minimum atomic E-state index is -1.10. The number of ether oxygens (including phenoxy) is 2. The molecule has 1 saturated carbocycles. The van der Waals surface area contributed by atoms with Gasteiger partial charge in [0.1, 0.15) is 11.4 Å². The van der Waals surface area contributed by atoms with E-state index in [1.165, 1.54) is 26.4 Å². The van der Waals surface area contributed by atoms with Crippen LogP contribution >= 0.6 is 0 Å². The Labute approximate surface area is 223 Å². The number of carbonyl (C=O) groups excluding carboxylic acids is 2. The van der Waals surface area contributed by atoms with Crippen molar-refractivity contribution in [3.8, 4) is 22.8 Å². The van der Waals surface area contributed by atoms with E-state index >= 15 is 0 Å². The molecule has 2 amide bonds. The van der Waals surface area contributed by atoms with E-state index in [9.17, 15) is 22.8 Å². The van der Waals surface area contributed by atoms with Gasteiger partial charge in [0.05, 0.1) is 25.5 Å². The third-order valence-corrected chi connectivity index (χ3v) is 7.66. The van der Waals surface area contributed by atoms with Crippen molar-refractivity contribution in [2.45, 2.75) is 25.3 Å². The number of halogens is 3. The first-order valence-electron chi connectivity index (χ1n) is 12.7. The van der Waals surface area contributed by atoms with Crippen LogP contribution in [0.25, 0.3) is 11.3 Å². The molecular weight excluding hydrogens is 511 g/mol. The van der Waals surface area contributed by atoms with Crippen molar-refractivity contribution in [1.29, 1.82) is 0 Å². The maximum atomic E-state index is 14.9. The quantitative estimate of drug-likeness (QED) is 0.484. The molecule has 39 heavy (non-hydrogen) atoms. The molecule has 0 spiro atoms. The van der Waals surface area contributed by atoms with Crippen LogP contribution in [0.1, 0.15) is 40.0 Å². The predicted molar refractivity (Wildman–Crippen MR) is 137 cm³/mol. The van der Waals surface area contributed by atoms with Crippen molar-refractivity contribution in [1.82, 2.24) is 15.2 Å². The van der Waals surface area contributed by atoms with Crippen LogP contribution in [0.5, 0.6) is 11.5 Å². The number of hydrogen-bond donors (Lipinski definition) is 1. The number of hydrogen-bond acceptors (Lipinski definition) is 5. The molecule has 1 saturated heterocycles. The van der Waals surface area contributed by atoms with Gasteiger partial charge in [0.25, 0.3) is 11.8 Å². The van der Waals surface area contributed by atoms with E-state index in [0.717, 1.165) is 18.9 Å².